The Bertz CT molecular complexity index is 998. The molecule has 0 fully saturated rings. The molecule has 2 heterocycles. The van der Waals surface area contributed by atoms with Gasteiger partial charge in [-0.1, -0.05) is 31.5 Å². The highest BCUT2D eigenvalue weighted by Crippen LogP contribution is 2.46. The molecule has 2 aliphatic heterocycles. The second-order valence-corrected chi connectivity index (χ2v) is 8.57. The molecule has 32 heavy (non-hydrogen) atoms. The predicted molar refractivity (Wildman–Crippen MR) is 120 cm³/mol. The first-order chi connectivity index (χ1) is 15.5. The molecule has 0 radical (unpaired) electrons. The monoisotopic (exact) mass is 438 g/mol. The first kappa shape index (κ1) is 22.2. The highest BCUT2D eigenvalue weighted by atomic mass is 16.6. The van der Waals surface area contributed by atoms with Gasteiger partial charge in [0.05, 0.1) is 7.11 Å². The van der Waals surface area contributed by atoms with Crippen LogP contribution in [0.2, 0.25) is 0 Å². The Balaban J connectivity index is 1.69. The number of hydrogen-bond acceptors (Lipinski definition) is 6. The Morgan fingerprint density at radius 3 is 2.62 bits per heavy atom. The lowest BCUT2D eigenvalue weighted by atomic mass is 9.87. The molecular weight excluding hydrogens is 408 g/mol. The Labute approximate surface area is 188 Å². The highest BCUT2D eigenvalue weighted by Gasteiger charge is 2.36. The predicted octanol–water partition coefficient (Wildman–Crippen LogP) is 5.22. The lowest BCUT2D eigenvalue weighted by molar-refractivity contribution is -0.131. The maximum atomic E-state index is 13.2. The standard InChI is InChI=1S/C26H30O6/c1-16-23(32-26(28)20-11-7-8-12-21(20)30-17(2)27)15-19-10-6-4-5-9-18-13-14-22(29-3)25(31-19)24(16)18/h7-8,11-14,16,19,23H,4-6,9-10,15H2,1-3H3/t16-,19?,23+/m0/s1. The summed E-state index contributed by atoms with van der Waals surface area (Å²) in [5, 5.41) is 0. The summed E-state index contributed by atoms with van der Waals surface area (Å²) in [5.74, 6) is 0.658. The van der Waals surface area contributed by atoms with Gasteiger partial charge in [-0.15, -0.1) is 0 Å². The van der Waals surface area contributed by atoms with Gasteiger partial charge in [0.25, 0.3) is 0 Å². The fourth-order valence-corrected chi connectivity index (χ4v) is 4.75. The third-order valence-corrected chi connectivity index (χ3v) is 6.35. The van der Waals surface area contributed by atoms with Gasteiger partial charge in [0.15, 0.2) is 11.5 Å². The molecule has 2 aliphatic rings. The van der Waals surface area contributed by atoms with Crippen LogP contribution in [-0.2, 0) is 16.0 Å². The van der Waals surface area contributed by atoms with Crippen LogP contribution in [0, 0.1) is 0 Å². The molecule has 0 spiro atoms. The molecule has 3 atom stereocenters. The van der Waals surface area contributed by atoms with Crippen LogP contribution < -0.4 is 14.2 Å². The topological polar surface area (TPSA) is 71.1 Å². The third kappa shape index (κ3) is 4.59. The van der Waals surface area contributed by atoms with E-state index in [1.165, 1.54) is 12.5 Å². The number of fused-ring (bicyclic) bond motifs is 1. The van der Waals surface area contributed by atoms with Gasteiger partial charge in [0, 0.05) is 24.8 Å². The number of rotatable bonds is 4. The zero-order valence-electron chi connectivity index (χ0n) is 18.9. The van der Waals surface area contributed by atoms with Crippen molar-refractivity contribution in [1.82, 2.24) is 0 Å². The van der Waals surface area contributed by atoms with Crippen LogP contribution in [-0.4, -0.2) is 31.3 Å². The molecule has 0 N–H and O–H groups in total. The van der Waals surface area contributed by atoms with Gasteiger partial charge in [0.1, 0.15) is 23.5 Å². The van der Waals surface area contributed by atoms with Gasteiger partial charge >= 0.3 is 11.9 Å². The van der Waals surface area contributed by atoms with Crippen molar-refractivity contribution < 1.29 is 28.5 Å². The van der Waals surface area contributed by atoms with Crippen LogP contribution in [0.4, 0.5) is 0 Å². The zero-order chi connectivity index (χ0) is 22.7. The van der Waals surface area contributed by atoms with Crippen molar-refractivity contribution in [3.8, 4) is 17.2 Å². The molecular formula is C26H30O6. The summed E-state index contributed by atoms with van der Waals surface area (Å²) in [4.78, 5) is 24.6. The average Bonchev–Trinajstić information content (AvgIpc) is 2.91. The van der Waals surface area contributed by atoms with Gasteiger partial charge in [-0.3, -0.25) is 4.79 Å². The molecule has 2 aromatic rings. The van der Waals surface area contributed by atoms with Crippen molar-refractivity contribution in [2.75, 3.05) is 7.11 Å². The van der Waals surface area contributed by atoms with E-state index in [2.05, 4.69) is 13.0 Å². The van der Waals surface area contributed by atoms with E-state index in [0.717, 1.165) is 43.4 Å². The van der Waals surface area contributed by atoms with Crippen LogP contribution >= 0.6 is 0 Å². The van der Waals surface area contributed by atoms with Crippen molar-refractivity contribution in [1.29, 1.82) is 0 Å². The van der Waals surface area contributed by atoms with Crippen LogP contribution in [0.25, 0.3) is 0 Å². The van der Waals surface area contributed by atoms with Crippen molar-refractivity contribution in [2.24, 2.45) is 0 Å². The van der Waals surface area contributed by atoms with Crippen LogP contribution in [0.3, 0.4) is 0 Å². The molecule has 170 valence electrons. The van der Waals surface area contributed by atoms with E-state index in [1.807, 2.05) is 6.07 Å². The van der Waals surface area contributed by atoms with Gasteiger partial charge < -0.3 is 18.9 Å². The number of methoxy groups -OCH3 is 1. The van der Waals surface area contributed by atoms with Gasteiger partial charge in [0.2, 0.25) is 0 Å². The third-order valence-electron chi connectivity index (χ3n) is 6.35. The second kappa shape index (κ2) is 9.63. The van der Waals surface area contributed by atoms with E-state index in [0.29, 0.717) is 12.2 Å². The number of benzene rings is 2. The molecule has 6 heteroatoms. The minimum Gasteiger partial charge on any atom is -0.493 e. The summed E-state index contributed by atoms with van der Waals surface area (Å²) in [6.07, 6.45) is 5.36. The van der Waals surface area contributed by atoms with E-state index in [9.17, 15) is 9.59 Å². The van der Waals surface area contributed by atoms with Crippen molar-refractivity contribution >= 4 is 11.9 Å². The molecule has 4 bridgehead atoms. The summed E-state index contributed by atoms with van der Waals surface area (Å²) in [5.41, 5.74) is 2.53. The largest absolute Gasteiger partial charge is 0.493 e. The van der Waals surface area contributed by atoms with Crippen molar-refractivity contribution in [3.05, 3.63) is 53.1 Å². The molecule has 0 amide bonds. The summed E-state index contributed by atoms with van der Waals surface area (Å²) in [6.45, 7) is 3.39. The molecule has 4 rings (SSSR count). The fourth-order valence-electron chi connectivity index (χ4n) is 4.75. The summed E-state index contributed by atoms with van der Waals surface area (Å²) >= 11 is 0. The number of para-hydroxylation sites is 1. The number of esters is 2. The summed E-state index contributed by atoms with van der Waals surface area (Å²) in [6, 6.07) is 10.7. The fraction of sp³-hybridized carbons (Fsp3) is 0.462. The Kier molecular flexibility index (Phi) is 6.68. The molecule has 1 unspecified atom stereocenters. The van der Waals surface area contributed by atoms with Crippen molar-refractivity contribution in [2.45, 2.75) is 70.5 Å². The van der Waals surface area contributed by atoms with E-state index in [4.69, 9.17) is 18.9 Å². The normalized spacial score (nSPS) is 22.3. The second-order valence-electron chi connectivity index (χ2n) is 8.57. The Morgan fingerprint density at radius 1 is 1.03 bits per heavy atom. The first-order valence-corrected chi connectivity index (χ1v) is 11.3. The molecule has 0 aliphatic carbocycles. The zero-order valence-corrected chi connectivity index (χ0v) is 18.9. The quantitative estimate of drug-likeness (QED) is 0.482. The number of carbonyl (C=O) groups is 2. The van der Waals surface area contributed by atoms with E-state index in [1.54, 1.807) is 31.4 Å². The Morgan fingerprint density at radius 2 is 1.84 bits per heavy atom. The van der Waals surface area contributed by atoms with Gasteiger partial charge in [-0.2, -0.15) is 0 Å². The molecule has 6 nitrogen and oxygen atoms in total. The molecule has 2 aromatic carbocycles. The first-order valence-electron chi connectivity index (χ1n) is 11.3. The molecule has 0 saturated heterocycles. The maximum Gasteiger partial charge on any atom is 0.342 e. The number of aryl methyl sites for hydroxylation is 1. The van der Waals surface area contributed by atoms with E-state index < -0.39 is 11.9 Å². The lowest BCUT2D eigenvalue weighted by Crippen LogP contribution is -2.28. The smallest absolute Gasteiger partial charge is 0.342 e. The number of hydrogen-bond donors (Lipinski definition) is 0. The SMILES string of the molecule is COc1ccc2c3c1OC(CCCCC2)C[C@@H](OC(=O)c1ccccc1OC(C)=O)[C@@H]3C. The average molecular weight is 439 g/mol. The van der Waals surface area contributed by atoms with E-state index >= 15 is 0 Å². The molecule has 0 saturated carbocycles. The summed E-state index contributed by atoms with van der Waals surface area (Å²) in [7, 11) is 1.65. The minimum atomic E-state index is -0.500. The summed E-state index contributed by atoms with van der Waals surface area (Å²) < 4.78 is 23.4. The minimum absolute atomic E-state index is 0.0666. The highest BCUT2D eigenvalue weighted by molar-refractivity contribution is 5.93. The van der Waals surface area contributed by atoms with Gasteiger partial charge in [-0.25, -0.2) is 4.79 Å². The number of carbonyl (C=O) groups excluding carboxylic acids is 2. The van der Waals surface area contributed by atoms with Crippen LogP contribution in [0.15, 0.2) is 36.4 Å². The maximum absolute atomic E-state index is 13.2. The van der Waals surface area contributed by atoms with Crippen molar-refractivity contribution in [3.63, 3.8) is 0 Å². The van der Waals surface area contributed by atoms with E-state index in [-0.39, 0.29) is 29.4 Å². The lowest BCUT2D eigenvalue weighted by Gasteiger charge is -2.25. The Hall–Kier alpha value is -3.02. The molecule has 0 aromatic heterocycles. The van der Waals surface area contributed by atoms with Gasteiger partial charge in [-0.05, 0) is 49.4 Å². The number of ether oxygens (including phenoxy) is 4. The van der Waals surface area contributed by atoms with Crippen LogP contribution in [0.5, 0.6) is 17.2 Å². The van der Waals surface area contributed by atoms with Crippen LogP contribution in [0.1, 0.15) is 73.4 Å².